The van der Waals surface area contributed by atoms with Crippen molar-refractivity contribution in [3.05, 3.63) is 65.5 Å². The molecule has 1 amide bonds. The summed E-state index contributed by atoms with van der Waals surface area (Å²) in [6, 6.07) is 19.6. The third-order valence-corrected chi connectivity index (χ3v) is 5.62. The molecule has 7 nitrogen and oxygen atoms in total. The first-order valence-corrected chi connectivity index (χ1v) is 10.6. The molecular weight excluding hydrogens is 398 g/mol. The maximum atomic E-state index is 12.1. The smallest absolute Gasteiger partial charge is 0.259 e. The third kappa shape index (κ3) is 5.22. The lowest BCUT2D eigenvalue weighted by atomic mass is 10.1. The van der Waals surface area contributed by atoms with Crippen molar-refractivity contribution in [1.82, 2.24) is 10.4 Å². The molecule has 0 bridgehead atoms. The van der Waals surface area contributed by atoms with Gasteiger partial charge in [-0.15, -0.1) is 0 Å². The molecule has 0 unspecified atom stereocenters. The number of nitrogens with one attached hydrogen (secondary N) is 2. The summed E-state index contributed by atoms with van der Waals surface area (Å²) >= 11 is 1.57. The number of aromatic nitrogens is 1. The van der Waals surface area contributed by atoms with Gasteiger partial charge in [0.15, 0.2) is 5.13 Å². The van der Waals surface area contributed by atoms with Gasteiger partial charge in [0.2, 0.25) is 0 Å². The quantitative estimate of drug-likeness (QED) is 0.452. The van der Waals surface area contributed by atoms with E-state index in [4.69, 9.17) is 9.72 Å². The Bertz CT molecular complexity index is 985. The number of thiazole rings is 1. The van der Waals surface area contributed by atoms with Crippen LogP contribution in [0.5, 0.6) is 0 Å². The second-order valence-corrected chi connectivity index (χ2v) is 7.70. The topological polar surface area (TPSA) is 78.9 Å². The van der Waals surface area contributed by atoms with E-state index >= 15 is 0 Å². The zero-order chi connectivity index (χ0) is 20.6. The number of hydrazone groups is 1. The average molecular weight is 422 g/mol. The molecule has 0 spiro atoms. The van der Waals surface area contributed by atoms with Crippen molar-refractivity contribution in [2.24, 2.45) is 5.10 Å². The molecule has 0 aliphatic carbocycles. The van der Waals surface area contributed by atoms with E-state index in [1.807, 2.05) is 60.7 Å². The van der Waals surface area contributed by atoms with Gasteiger partial charge in [0, 0.05) is 24.3 Å². The highest BCUT2D eigenvalue weighted by Gasteiger charge is 2.18. The van der Waals surface area contributed by atoms with E-state index in [-0.39, 0.29) is 12.5 Å². The second-order valence-electron chi connectivity index (χ2n) is 6.69. The van der Waals surface area contributed by atoms with E-state index in [0.29, 0.717) is 13.2 Å². The van der Waals surface area contributed by atoms with Crippen molar-refractivity contribution < 1.29 is 9.53 Å². The normalized spacial score (nSPS) is 14.1. The van der Waals surface area contributed by atoms with Crippen molar-refractivity contribution in [3.8, 4) is 11.3 Å². The SMILES string of the molecule is O=C(CNc1ccccc1)N/N=C\c1sc(N2CCOCC2)nc1-c1ccccc1. The van der Waals surface area contributed by atoms with E-state index in [1.165, 1.54) is 0 Å². The Hall–Kier alpha value is -3.23. The molecule has 1 aromatic heterocycles. The highest BCUT2D eigenvalue weighted by molar-refractivity contribution is 7.17. The number of morpholine rings is 1. The first kappa shape index (κ1) is 20.1. The number of para-hydroxylation sites is 1. The number of carbonyl (C=O) groups excluding carboxylic acids is 1. The molecule has 1 aliphatic rings. The second kappa shape index (κ2) is 10.00. The Kier molecular flexibility index (Phi) is 6.68. The number of hydrogen-bond donors (Lipinski definition) is 2. The van der Waals surface area contributed by atoms with Gasteiger partial charge in [-0.2, -0.15) is 5.10 Å². The standard InChI is InChI=1S/C22H23N5O2S/c28-20(16-23-18-9-5-2-6-10-18)26-24-15-19-21(17-7-3-1-4-8-17)25-22(30-19)27-11-13-29-14-12-27/h1-10,15,23H,11-14,16H2,(H,26,28)/b24-15-. The monoisotopic (exact) mass is 421 g/mol. The van der Waals surface area contributed by atoms with Crippen LogP contribution in [0.4, 0.5) is 10.8 Å². The summed E-state index contributed by atoms with van der Waals surface area (Å²) in [6.07, 6.45) is 1.67. The first-order chi connectivity index (χ1) is 14.8. The van der Waals surface area contributed by atoms with Crippen LogP contribution in [0.2, 0.25) is 0 Å². The van der Waals surface area contributed by atoms with Crippen molar-refractivity contribution in [2.45, 2.75) is 0 Å². The fourth-order valence-corrected chi connectivity index (χ4v) is 4.05. The van der Waals surface area contributed by atoms with Crippen LogP contribution in [-0.4, -0.2) is 50.0 Å². The van der Waals surface area contributed by atoms with Gasteiger partial charge in [-0.3, -0.25) is 4.79 Å². The Morgan fingerprint density at radius 1 is 1.10 bits per heavy atom. The van der Waals surface area contributed by atoms with Crippen LogP contribution in [0.1, 0.15) is 4.88 Å². The van der Waals surface area contributed by atoms with E-state index in [9.17, 15) is 4.79 Å². The molecule has 30 heavy (non-hydrogen) atoms. The number of benzene rings is 2. The molecule has 0 radical (unpaired) electrons. The lowest BCUT2D eigenvalue weighted by Gasteiger charge is -2.26. The summed E-state index contributed by atoms with van der Waals surface area (Å²) in [5, 5.41) is 8.16. The van der Waals surface area contributed by atoms with E-state index in [2.05, 4.69) is 20.7 Å². The van der Waals surface area contributed by atoms with Crippen molar-refractivity contribution in [3.63, 3.8) is 0 Å². The molecule has 0 saturated carbocycles. The minimum atomic E-state index is -0.214. The molecular formula is C22H23N5O2S. The fourth-order valence-electron chi connectivity index (χ4n) is 3.04. The third-order valence-electron chi connectivity index (χ3n) is 4.57. The molecule has 1 saturated heterocycles. The van der Waals surface area contributed by atoms with Crippen LogP contribution in [0, 0.1) is 0 Å². The Labute approximate surface area is 179 Å². The maximum Gasteiger partial charge on any atom is 0.259 e. The number of ether oxygens (including phenoxy) is 1. The summed E-state index contributed by atoms with van der Waals surface area (Å²) in [6.45, 7) is 3.19. The molecule has 2 N–H and O–H groups in total. The molecule has 3 aromatic rings. The molecule has 8 heteroatoms. The largest absolute Gasteiger partial charge is 0.378 e. The summed E-state index contributed by atoms with van der Waals surface area (Å²) in [5.74, 6) is -0.214. The van der Waals surface area contributed by atoms with Crippen molar-refractivity contribution in [2.75, 3.05) is 43.1 Å². The minimum absolute atomic E-state index is 0.147. The number of anilines is 2. The van der Waals surface area contributed by atoms with Gasteiger partial charge in [-0.1, -0.05) is 59.9 Å². The molecule has 0 atom stereocenters. The van der Waals surface area contributed by atoms with Crippen molar-refractivity contribution in [1.29, 1.82) is 0 Å². The number of rotatable bonds is 7. The van der Waals surface area contributed by atoms with Crippen molar-refractivity contribution >= 4 is 34.3 Å². The van der Waals surface area contributed by atoms with Gasteiger partial charge in [-0.25, -0.2) is 10.4 Å². The van der Waals surface area contributed by atoms with Gasteiger partial charge in [0.05, 0.1) is 36.5 Å². The van der Waals surface area contributed by atoms with Gasteiger partial charge in [0.1, 0.15) is 0 Å². The zero-order valence-corrected chi connectivity index (χ0v) is 17.3. The van der Waals surface area contributed by atoms with Crippen LogP contribution < -0.4 is 15.6 Å². The van der Waals surface area contributed by atoms with Crippen LogP contribution in [0.15, 0.2) is 65.8 Å². The highest BCUT2D eigenvalue weighted by atomic mass is 32.1. The zero-order valence-electron chi connectivity index (χ0n) is 16.5. The molecule has 2 aromatic carbocycles. The Morgan fingerprint density at radius 2 is 1.80 bits per heavy atom. The van der Waals surface area contributed by atoms with Gasteiger partial charge in [0.25, 0.3) is 5.91 Å². The predicted octanol–water partition coefficient (Wildman–Crippen LogP) is 3.21. The van der Waals surface area contributed by atoms with Gasteiger partial charge >= 0.3 is 0 Å². The molecule has 154 valence electrons. The van der Waals surface area contributed by atoms with E-state index in [0.717, 1.165) is 40.0 Å². The molecule has 2 heterocycles. The van der Waals surface area contributed by atoms with Gasteiger partial charge < -0.3 is 15.0 Å². The van der Waals surface area contributed by atoms with Crippen LogP contribution >= 0.6 is 11.3 Å². The lowest BCUT2D eigenvalue weighted by molar-refractivity contribution is -0.119. The van der Waals surface area contributed by atoms with E-state index < -0.39 is 0 Å². The highest BCUT2D eigenvalue weighted by Crippen LogP contribution is 2.32. The Balaban J connectivity index is 1.45. The fraction of sp³-hybridized carbons (Fsp3) is 0.227. The Morgan fingerprint density at radius 3 is 2.53 bits per heavy atom. The molecule has 1 aliphatic heterocycles. The number of amides is 1. The lowest BCUT2D eigenvalue weighted by Crippen LogP contribution is -2.36. The van der Waals surface area contributed by atoms with Crippen LogP contribution in [-0.2, 0) is 9.53 Å². The average Bonchev–Trinajstić information content (AvgIpc) is 3.24. The predicted molar refractivity (Wildman–Crippen MR) is 121 cm³/mol. The number of nitrogens with zero attached hydrogens (tertiary/aromatic N) is 3. The minimum Gasteiger partial charge on any atom is -0.378 e. The molecule has 4 rings (SSSR count). The summed E-state index contributed by atoms with van der Waals surface area (Å²) in [7, 11) is 0. The first-order valence-electron chi connectivity index (χ1n) is 9.79. The molecule has 1 fully saturated rings. The van der Waals surface area contributed by atoms with Gasteiger partial charge in [-0.05, 0) is 12.1 Å². The maximum absolute atomic E-state index is 12.1. The summed E-state index contributed by atoms with van der Waals surface area (Å²) < 4.78 is 5.44. The van der Waals surface area contributed by atoms with Crippen LogP contribution in [0.3, 0.4) is 0 Å². The number of hydrogen-bond acceptors (Lipinski definition) is 7. The summed E-state index contributed by atoms with van der Waals surface area (Å²) in [4.78, 5) is 20.1. The van der Waals surface area contributed by atoms with E-state index in [1.54, 1.807) is 17.6 Å². The van der Waals surface area contributed by atoms with Crippen LogP contribution in [0.25, 0.3) is 11.3 Å². The summed E-state index contributed by atoms with van der Waals surface area (Å²) in [5.41, 5.74) is 5.36. The number of carbonyl (C=O) groups is 1.